The molecule has 2 aromatic rings. The van der Waals surface area contributed by atoms with Gasteiger partial charge in [0.25, 0.3) is 11.7 Å². The van der Waals surface area contributed by atoms with Crippen LogP contribution in [0.3, 0.4) is 0 Å². The van der Waals surface area contributed by atoms with Gasteiger partial charge in [0.05, 0.1) is 17.8 Å². The van der Waals surface area contributed by atoms with Crippen molar-refractivity contribution in [1.29, 1.82) is 0 Å². The van der Waals surface area contributed by atoms with Crippen molar-refractivity contribution in [3.8, 4) is 0 Å². The van der Waals surface area contributed by atoms with Gasteiger partial charge in [0, 0.05) is 26.4 Å². The van der Waals surface area contributed by atoms with E-state index in [2.05, 4.69) is 5.10 Å². The fraction of sp³-hybridized carbons (Fsp3) is 0.353. The Labute approximate surface area is 135 Å². The van der Waals surface area contributed by atoms with Crippen LogP contribution in [0, 0.1) is 0 Å². The number of aliphatic hydroxyl groups excluding tert-OH is 1. The highest BCUT2D eigenvalue weighted by Crippen LogP contribution is 2.23. The lowest BCUT2D eigenvalue weighted by molar-refractivity contribution is -0.127. The number of carbonyl (C=O) groups is 2. The van der Waals surface area contributed by atoms with Crippen LogP contribution in [0.25, 0.3) is 0 Å². The van der Waals surface area contributed by atoms with Gasteiger partial charge >= 0.3 is 0 Å². The third-order valence-corrected chi connectivity index (χ3v) is 3.79. The van der Waals surface area contributed by atoms with Crippen LogP contribution in [-0.2, 0) is 11.3 Å². The molecule has 1 aromatic heterocycles. The number of aliphatic hydroxyl groups is 1. The third-order valence-electron chi connectivity index (χ3n) is 3.79. The zero-order valence-corrected chi connectivity index (χ0v) is 13.3. The van der Waals surface area contributed by atoms with Crippen LogP contribution in [0.1, 0.15) is 35.3 Å². The minimum Gasteiger partial charge on any atom is -0.396 e. The van der Waals surface area contributed by atoms with E-state index in [4.69, 9.17) is 0 Å². The number of nitrogens with zero attached hydrogens (tertiary/aromatic N) is 3. The van der Waals surface area contributed by atoms with Gasteiger partial charge in [-0.1, -0.05) is 30.3 Å². The van der Waals surface area contributed by atoms with Gasteiger partial charge in [0.15, 0.2) is 0 Å². The number of rotatable bonds is 7. The molecule has 122 valence electrons. The normalized spacial score (nSPS) is 12.0. The monoisotopic (exact) mass is 315 g/mol. The minimum absolute atomic E-state index is 0.0703. The van der Waals surface area contributed by atoms with Crippen LogP contribution in [-0.4, -0.2) is 45.1 Å². The second kappa shape index (κ2) is 7.69. The number of aryl methyl sites for hydroxylation is 1. The Morgan fingerprint density at radius 2 is 2.00 bits per heavy atom. The van der Waals surface area contributed by atoms with Crippen molar-refractivity contribution in [1.82, 2.24) is 14.7 Å². The molecule has 6 nitrogen and oxygen atoms in total. The Morgan fingerprint density at radius 1 is 1.30 bits per heavy atom. The standard InChI is InChI=1S/C17H21N3O3/c1-3-20-12-14(11-18-20)16(22)17(23)19(2)15(9-10-21)13-7-5-4-6-8-13/h4-8,11-12,15,21H,3,9-10H2,1-2H3. The molecule has 0 fully saturated rings. The summed E-state index contributed by atoms with van der Waals surface area (Å²) >= 11 is 0. The number of amides is 1. The maximum absolute atomic E-state index is 12.5. The summed E-state index contributed by atoms with van der Waals surface area (Å²) in [7, 11) is 1.58. The van der Waals surface area contributed by atoms with Crippen molar-refractivity contribution in [3.05, 3.63) is 53.9 Å². The van der Waals surface area contributed by atoms with Gasteiger partial charge in [-0.15, -0.1) is 0 Å². The number of benzene rings is 1. The first-order chi connectivity index (χ1) is 11.1. The summed E-state index contributed by atoms with van der Waals surface area (Å²) in [5.41, 5.74) is 1.16. The lowest BCUT2D eigenvalue weighted by atomic mass is 10.0. The SMILES string of the molecule is CCn1cc(C(=O)C(=O)N(C)C(CCO)c2ccccc2)cn1. The van der Waals surface area contributed by atoms with Gasteiger partial charge in [0.1, 0.15) is 0 Å². The highest BCUT2D eigenvalue weighted by atomic mass is 16.3. The minimum atomic E-state index is -0.608. The summed E-state index contributed by atoms with van der Waals surface area (Å²) in [5, 5.41) is 13.3. The van der Waals surface area contributed by atoms with E-state index in [1.54, 1.807) is 17.9 Å². The number of hydrogen-bond donors (Lipinski definition) is 1. The van der Waals surface area contributed by atoms with Crippen molar-refractivity contribution in [2.45, 2.75) is 25.9 Å². The Hall–Kier alpha value is -2.47. The van der Waals surface area contributed by atoms with E-state index in [-0.39, 0.29) is 18.2 Å². The fourth-order valence-corrected chi connectivity index (χ4v) is 2.46. The zero-order valence-electron chi connectivity index (χ0n) is 13.3. The number of carbonyl (C=O) groups excluding carboxylic acids is 2. The van der Waals surface area contributed by atoms with Gasteiger partial charge in [0.2, 0.25) is 0 Å². The molecular weight excluding hydrogens is 294 g/mol. The summed E-state index contributed by atoms with van der Waals surface area (Å²) in [6, 6.07) is 9.02. The molecule has 0 saturated carbocycles. The lowest BCUT2D eigenvalue weighted by Crippen LogP contribution is -2.36. The first-order valence-corrected chi connectivity index (χ1v) is 7.58. The average molecular weight is 315 g/mol. The summed E-state index contributed by atoms with van der Waals surface area (Å²) < 4.78 is 1.60. The number of hydrogen-bond acceptors (Lipinski definition) is 4. The summed E-state index contributed by atoms with van der Waals surface area (Å²) in [5.74, 6) is -1.20. The van der Waals surface area contributed by atoms with Crippen LogP contribution < -0.4 is 0 Å². The molecule has 0 bridgehead atoms. The van der Waals surface area contributed by atoms with Crippen LogP contribution in [0.2, 0.25) is 0 Å². The van der Waals surface area contributed by atoms with Crippen molar-refractivity contribution < 1.29 is 14.7 Å². The van der Waals surface area contributed by atoms with E-state index in [1.165, 1.54) is 11.1 Å². The van der Waals surface area contributed by atoms with E-state index < -0.39 is 11.7 Å². The molecule has 1 unspecified atom stereocenters. The second-order valence-corrected chi connectivity index (χ2v) is 5.27. The average Bonchev–Trinajstić information content (AvgIpc) is 3.07. The molecule has 1 amide bonds. The number of aromatic nitrogens is 2. The van der Waals surface area contributed by atoms with Crippen molar-refractivity contribution in [2.24, 2.45) is 0 Å². The van der Waals surface area contributed by atoms with Gasteiger partial charge < -0.3 is 10.0 Å². The maximum Gasteiger partial charge on any atom is 0.295 e. The fourth-order valence-electron chi connectivity index (χ4n) is 2.46. The number of ketones is 1. The van der Waals surface area contributed by atoms with Crippen LogP contribution in [0.4, 0.5) is 0 Å². The number of Topliss-reactive ketones (excluding diaryl/α,β-unsaturated/α-hetero) is 1. The Kier molecular flexibility index (Phi) is 5.65. The summed E-state index contributed by atoms with van der Waals surface area (Å²) in [6.45, 7) is 2.47. The van der Waals surface area contributed by atoms with Gasteiger partial charge in [-0.05, 0) is 18.9 Å². The molecule has 1 atom stereocenters. The Morgan fingerprint density at radius 3 is 2.57 bits per heavy atom. The van der Waals surface area contributed by atoms with Gasteiger partial charge in [-0.2, -0.15) is 5.10 Å². The molecule has 2 rings (SSSR count). The molecule has 0 aliphatic rings. The smallest absolute Gasteiger partial charge is 0.295 e. The Bertz CT molecular complexity index is 667. The number of likely N-dealkylation sites (N-methyl/N-ethyl adjacent to an activating group) is 1. The molecule has 23 heavy (non-hydrogen) atoms. The predicted octanol–water partition coefficient (Wildman–Crippen LogP) is 1.67. The van der Waals surface area contributed by atoms with E-state index >= 15 is 0 Å². The molecular formula is C17H21N3O3. The first kappa shape index (κ1) is 16.9. The van der Waals surface area contributed by atoms with Gasteiger partial charge in [-0.3, -0.25) is 14.3 Å². The maximum atomic E-state index is 12.5. The van der Waals surface area contributed by atoms with Gasteiger partial charge in [-0.25, -0.2) is 0 Å². The summed E-state index contributed by atoms with van der Waals surface area (Å²) in [4.78, 5) is 26.2. The lowest BCUT2D eigenvalue weighted by Gasteiger charge is -2.27. The van der Waals surface area contributed by atoms with Crippen LogP contribution >= 0.6 is 0 Å². The predicted molar refractivity (Wildman–Crippen MR) is 85.9 cm³/mol. The Balaban J connectivity index is 2.20. The first-order valence-electron chi connectivity index (χ1n) is 7.58. The summed E-state index contributed by atoms with van der Waals surface area (Å²) in [6.07, 6.45) is 3.34. The van der Waals surface area contributed by atoms with E-state index in [0.29, 0.717) is 13.0 Å². The molecule has 6 heteroatoms. The van der Waals surface area contributed by atoms with Crippen molar-refractivity contribution in [3.63, 3.8) is 0 Å². The molecule has 0 aliphatic carbocycles. The quantitative estimate of drug-likeness (QED) is 0.623. The largest absolute Gasteiger partial charge is 0.396 e. The molecule has 1 aromatic carbocycles. The highest BCUT2D eigenvalue weighted by Gasteiger charge is 2.27. The molecule has 0 saturated heterocycles. The second-order valence-electron chi connectivity index (χ2n) is 5.27. The van der Waals surface area contributed by atoms with E-state index in [0.717, 1.165) is 5.56 Å². The van der Waals surface area contributed by atoms with E-state index in [1.807, 2.05) is 37.3 Å². The van der Waals surface area contributed by atoms with E-state index in [9.17, 15) is 14.7 Å². The molecule has 0 aliphatic heterocycles. The van der Waals surface area contributed by atoms with Crippen molar-refractivity contribution >= 4 is 11.7 Å². The topological polar surface area (TPSA) is 75.4 Å². The third kappa shape index (κ3) is 3.84. The van der Waals surface area contributed by atoms with Crippen LogP contribution in [0.5, 0.6) is 0 Å². The molecule has 1 heterocycles. The highest BCUT2D eigenvalue weighted by molar-refractivity contribution is 6.42. The molecule has 0 spiro atoms. The van der Waals surface area contributed by atoms with Crippen molar-refractivity contribution in [2.75, 3.05) is 13.7 Å². The molecule has 0 radical (unpaired) electrons. The molecule has 1 N–H and O–H groups in total. The van der Waals surface area contributed by atoms with Crippen LogP contribution in [0.15, 0.2) is 42.7 Å². The zero-order chi connectivity index (χ0) is 16.8.